The SMILES string of the molecule is CC[Si](CC)(CC)O[C@@H]1[C@@H](CO)O[C@]2(NC(=O)OC(C)(C)C)Nc3c(I)cccc3[C@]12O[Si](CC)(CC)CC. The molecule has 1 fully saturated rings. The molecule has 3 rings (SSSR count). The van der Waals surface area contributed by atoms with Gasteiger partial charge in [-0.15, -0.1) is 0 Å². The Hall–Kier alpha value is -0.706. The molecule has 222 valence electrons. The normalized spacial score (nSPS) is 26.6. The molecule has 2 aliphatic heterocycles. The Morgan fingerprint density at radius 3 is 2.10 bits per heavy atom. The molecule has 0 aromatic heterocycles. The van der Waals surface area contributed by atoms with Crippen LogP contribution in [0, 0.1) is 3.57 Å². The third-order valence-electron chi connectivity index (χ3n) is 8.78. The number of fused-ring (bicyclic) bond motifs is 3. The summed E-state index contributed by atoms with van der Waals surface area (Å²) < 4.78 is 28.3. The molecule has 2 aliphatic rings. The maximum absolute atomic E-state index is 13.5. The van der Waals surface area contributed by atoms with Crippen molar-refractivity contribution < 1.29 is 28.2 Å². The maximum Gasteiger partial charge on any atom is 0.411 e. The van der Waals surface area contributed by atoms with Crippen LogP contribution in [0.15, 0.2) is 18.2 Å². The number of aliphatic hydroxyl groups excluding tert-OH is 1. The van der Waals surface area contributed by atoms with Gasteiger partial charge in [-0.2, -0.15) is 0 Å². The van der Waals surface area contributed by atoms with Gasteiger partial charge in [-0.3, -0.25) is 5.32 Å². The molecule has 0 saturated carbocycles. The van der Waals surface area contributed by atoms with Gasteiger partial charge in [-0.25, -0.2) is 4.79 Å². The lowest BCUT2D eigenvalue weighted by Gasteiger charge is -2.48. The van der Waals surface area contributed by atoms with Crippen molar-refractivity contribution in [3.05, 3.63) is 27.3 Å². The van der Waals surface area contributed by atoms with Crippen molar-refractivity contribution in [2.45, 2.75) is 128 Å². The molecule has 0 aliphatic carbocycles. The molecule has 0 spiro atoms. The third kappa shape index (κ3) is 5.83. The fourth-order valence-electron chi connectivity index (χ4n) is 6.10. The van der Waals surface area contributed by atoms with Crippen LogP contribution in [0.1, 0.15) is 67.9 Å². The molecule has 8 nitrogen and oxygen atoms in total. The van der Waals surface area contributed by atoms with E-state index >= 15 is 0 Å². The number of hydrogen-bond donors (Lipinski definition) is 3. The minimum Gasteiger partial charge on any atom is -0.444 e. The summed E-state index contributed by atoms with van der Waals surface area (Å²) in [7, 11) is -4.59. The average Bonchev–Trinajstić information content (AvgIpc) is 3.29. The molecule has 3 N–H and O–H groups in total. The first-order valence-electron chi connectivity index (χ1n) is 14.5. The van der Waals surface area contributed by atoms with E-state index in [0.717, 1.165) is 51.1 Å². The van der Waals surface area contributed by atoms with E-state index in [-0.39, 0.29) is 6.61 Å². The number of carbonyl (C=O) groups excluding carboxylic acids is 1. The highest BCUT2D eigenvalue weighted by molar-refractivity contribution is 14.1. The second-order valence-electron chi connectivity index (χ2n) is 11.8. The summed E-state index contributed by atoms with van der Waals surface area (Å²) in [5.74, 6) is -1.52. The number of amides is 1. The number of halogens is 1. The zero-order chi connectivity index (χ0) is 29.3. The summed E-state index contributed by atoms with van der Waals surface area (Å²) in [5.41, 5.74) is -0.190. The van der Waals surface area contributed by atoms with Gasteiger partial charge in [-0.1, -0.05) is 53.7 Å². The minimum atomic E-state index is -2.36. The Morgan fingerprint density at radius 1 is 1.05 bits per heavy atom. The van der Waals surface area contributed by atoms with Gasteiger partial charge in [0.1, 0.15) is 17.8 Å². The highest BCUT2D eigenvalue weighted by Crippen LogP contribution is 2.60. The van der Waals surface area contributed by atoms with Crippen molar-refractivity contribution >= 4 is 51.0 Å². The second kappa shape index (κ2) is 12.3. The van der Waals surface area contributed by atoms with Crippen molar-refractivity contribution in [3.63, 3.8) is 0 Å². The molecule has 0 unspecified atom stereocenters. The van der Waals surface area contributed by atoms with Crippen LogP contribution in [0.25, 0.3) is 0 Å². The maximum atomic E-state index is 13.5. The van der Waals surface area contributed by atoms with Crippen LogP contribution in [-0.2, 0) is 23.9 Å². The van der Waals surface area contributed by atoms with Crippen LogP contribution in [-0.4, -0.2) is 58.1 Å². The number of carbonyl (C=O) groups is 1. The zero-order valence-corrected chi connectivity index (χ0v) is 29.4. The molecular formula is C28H49IN2O6Si2. The lowest BCUT2D eigenvalue weighted by atomic mass is 9.86. The Morgan fingerprint density at radius 2 is 1.62 bits per heavy atom. The number of anilines is 1. The first-order valence-corrected chi connectivity index (χ1v) is 20.7. The van der Waals surface area contributed by atoms with E-state index in [2.05, 4.69) is 80.8 Å². The predicted molar refractivity (Wildman–Crippen MR) is 169 cm³/mol. The van der Waals surface area contributed by atoms with Crippen LogP contribution in [0.2, 0.25) is 36.3 Å². The van der Waals surface area contributed by atoms with Gasteiger partial charge >= 0.3 is 6.09 Å². The summed E-state index contributed by atoms with van der Waals surface area (Å²) in [5, 5.41) is 17.3. The molecule has 1 amide bonds. The zero-order valence-electron chi connectivity index (χ0n) is 25.2. The Kier molecular flexibility index (Phi) is 10.3. The minimum absolute atomic E-state index is 0.269. The van der Waals surface area contributed by atoms with Crippen molar-refractivity contribution in [1.82, 2.24) is 5.32 Å². The van der Waals surface area contributed by atoms with Crippen molar-refractivity contribution in [3.8, 4) is 0 Å². The van der Waals surface area contributed by atoms with Gasteiger partial charge in [-0.05, 0) is 85.7 Å². The van der Waals surface area contributed by atoms with Crippen LogP contribution in [0.3, 0.4) is 0 Å². The van der Waals surface area contributed by atoms with E-state index < -0.39 is 52.0 Å². The molecule has 4 atom stereocenters. The highest BCUT2D eigenvalue weighted by atomic mass is 127. The molecule has 2 heterocycles. The van der Waals surface area contributed by atoms with Crippen molar-refractivity contribution in [2.75, 3.05) is 11.9 Å². The molecule has 1 aromatic rings. The lowest BCUT2D eigenvalue weighted by molar-refractivity contribution is -0.132. The van der Waals surface area contributed by atoms with E-state index in [1.165, 1.54) is 0 Å². The summed E-state index contributed by atoms with van der Waals surface area (Å²) >= 11 is 2.31. The van der Waals surface area contributed by atoms with Crippen LogP contribution >= 0.6 is 22.6 Å². The summed E-state index contributed by atoms with van der Waals surface area (Å²) in [6, 6.07) is 11.6. The Bertz CT molecular complexity index is 1000. The smallest absolute Gasteiger partial charge is 0.411 e. The number of alkyl carbamates (subject to hydrolysis) is 1. The van der Waals surface area contributed by atoms with Gasteiger partial charge in [0.2, 0.25) is 0 Å². The highest BCUT2D eigenvalue weighted by Gasteiger charge is 2.75. The molecule has 1 aromatic carbocycles. The summed E-state index contributed by atoms with van der Waals surface area (Å²) in [6.45, 7) is 18.4. The van der Waals surface area contributed by atoms with E-state index in [1.807, 2.05) is 32.9 Å². The quantitative estimate of drug-likeness (QED) is 0.162. The van der Waals surface area contributed by atoms with Crippen LogP contribution in [0.5, 0.6) is 0 Å². The molecule has 39 heavy (non-hydrogen) atoms. The third-order valence-corrected chi connectivity index (χ3v) is 18.9. The standard InChI is InChI=1S/C28H49IN2O6Si2/c1-10-38(11-2,12-3)36-24-22(19-32)34-28(31-25(33)35-26(7,8)9)27(24,37-39(13-4,14-5)15-6)20-17-16-18-21(29)23(20)30-28/h16-18,22,24,30,32H,10-15,19H2,1-9H3,(H,31,33)/t22-,24-,27+,28+/m1/s1. The summed E-state index contributed by atoms with van der Waals surface area (Å²) in [6.07, 6.45) is -1.97. The van der Waals surface area contributed by atoms with Crippen molar-refractivity contribution in [1.29, 1.82) is 0 Å². The monoisotopic (exact) mass is 692 g/mol. The number of ether oxygens (including phenoxy) is 2. The van der Waals surface area contributed by atoms with E-state index in [1.54, 1.807) is 0 Å². The number of para-hydroxylation sites is 1. The van der Waals surface area contributed by atoms with Gasteiger partial charge in [0.15, 0.2) is 22.2 Å². The molecule has 11 heteroatoms. The van der Waals surface area contributed by atoms with Gasteiger partial charge in [0, 0.05) is 9.13 Å². The first-order chi connectivity index (χ1) is 18.3. The Labute approximate surface area is 250 Å². The molecule has 1 saturated heterocycles. The number of benzene rings is 1. The van der Waals surface area contributed by atoms with Crippen LogP contribution in [0.4, 0.5) is 10.5 Å². The topological polar surface area (TPSA) is 98.3 Å². The van der Waals surface area contributed by atoms with E-state index in [9.17, 15) is 9.90 Å². The fraction of sp³-hybridized carbons (Fsp3) is 0.750. The number of rotatable bonds is 12. The summed E-state index contributed by atoms with van der Waals surface area (Å²) in [4.78, 5) is 13.5. The predicted octanol–water partition coefficient (Wildman–Crippen LogP) is 6.89. The molecule has 0 bridgehead atoms. The van der Waals surface area contributed by atoms with E-state index in [0.29, 0.717) is 0 Å². The number of aliphatic hydroxyl groups is 1. The number of hydrogen-bond acceptors (Lipinski definition) is 7. The molecule has 0 radical (unpaired) electrons. The van der Waals surface area contributed by atoms with Crippen molar-refractivity contribution in [2.24, 2.45) is 0 Å². The van der Waals surface area contributed by atoms with Crippen LogP contribution < -0.4 is 10.6 Å². The number of nitrogens with one attached hydrogen (secondary N) is 2. The first kappa shape index (κ1) is 32.8. The van der Waals surface area contributed by atoms with Gasteiger partial charge in [0.05, 0.1) is 12.3 Å². The fourth-order valence-corrected chi connectivity index (χ4v) is 12.6. The lowest BCUT2D eigenvalue weighted by Crippen LogP contribution is -2.69. The molecular weight excluding hydrogens is 643 g/mol. The van der Waals surface area contributed by atoms with E-state index in [4.69, 9.17) is 18.3 Å². The van der Waals surface area contributed by atoms with Gasteiger partial charge in [0.25, 0.3) is 5.85 Å². The average molecular weight is 693 g/mol. The Balaban J connectivity index is 2.36. The van der Waals surface area contributed by atoms with Gasteiger partial charge < -0.3 is 28.7 Å². The second-order valence-corrected chi connectivity index (χ2v) is 22.4. The largest absolute Gasteiger partial charge is 0.444 e.